The number of carbonyl (C=O) groups is 2. The smallest absolute Gasteiger partial charge is 0.350 e. The van der Waals surface area contributed by atoms with E-state index >= 15 is 0 Å². The molecule has 1 N–H and O–H groups in total. The molecular weight excluding hydrogens is 381 g/mol. The van der Waals surface area contributed by atoms with Crippen LogP contribution in [-0.2, 0) is 17.5 Å². The molecule has 0 spiro atoms. The first kappa shape index (κ1) is 19.2. The molecule has 0 fully saturated rings. The Hall–Kier alpha value is -2.54. The highest BCUT2D eigenvalue weighted by atomic mass is 35.5. The van der Waals surface area contributed by atoms with Crippen LogP contribution in [0.4, 0.5) is 13.2 Å². The lowest BCUT2D eigenvalue weighted by atomic mass is 10.0. The van der Waals surface area contributed by atoms with Crippen LogP contribution < -0.4 is 5.32 Å². The average molecular weight is 397 g/mol. The summed E-state index contributed by atoms with van der Waals surface area (Å²) in [6, 6.07) is 9.53. The van der Waals surface area contributed by atoms with Crippen LogP contribution in [0.5, 0.6) is 0 Å². The minimum Gasteiger partial charge on any atom is -0.350 e. The van der Waals surface area contributed by atoms with E-state index in [0.29, 0.717) is 17.7 Å². The largest absolute Gasteiger partial charge is 0.417 e. The molecule has 2 aromatic carbocycles. The zero-order valence-electron chi connectivity index (χ0n) is 14.3. The zero-order valence-corrected chi connectivity index (χ0v) is 15.1. The molecule has 1 heterocycles. The van der Waals surface area contributed by atoms with E-state index < -0.39 is 28.7 Å². The van der Waals surface area contributed by atoms with E-state index in [1.807, 2.05) is 0 Å². The summed E-state index contributed by atoms with van der Waals surface area (Å²) in [5, 5.41) is 2.16. The van der Waals surface area contributed by atoms with Gasteiger partial charge in [-0.25, -0.2) is 0 Å². The molecule has 0 bridgehead atoms. The van der Waals surface area contributed by atoms with Crippen molar-refractivity contribution in [1.29, 1.82) is 0 Å². The third-order valence-electron chi connectivity index (χ3n) is 4.48. The molecule has 1 atom stereocenters. The lowest BCUT2D eigenvalue weighted by Gasteiger charge is -2.23. The number of nitrogens with zero attached hydrogens (tertiary/aromatic N) is 1. The van der Waals surface area contributed by atoms with Gasteiger partial charge in [-0.1, -0.05) is 41.9 Å². The van der Waals surface area contributed by atoms with Crippen LogP contribution in [0.1, 0.15) is 40.0 Å². The van der Waals surface area contributed by atoms with E-state index in [0.717, 1.165) is 6.07 Å². The van der Waals surface area contributed by atoms with Crippen molar-refractivity contribution in [3.63, 3.8) is 0 Å². The molecule has 3 rings (SSSR count). The predicted octanol–water partition coefficient (Wildman–Crippen LogP) is 4.19. The third kappa shape index (κ3) is 3.51. The van der Waals surface area contributed by atoms with Crippen LogP contribution in [-0.4, -0.2) is 23.3 Å². The second-order valence-corrected chi connectivity index (χ2v) is 6.45. The van der Waals surface area contributed by atoms with Crippen molar-refractivity contribution in [1.82, 2.24) is 10.2 Å². The van der Waals surface area contributed by atoms with Gasteiger partial charge in [0.2, 0.25) is 5.91 Å². The van der Waals surface area contributed by atoms with Crippen molar-refractivity contribution < 1.29 is 22.8 Å². The van der Waals surface area contributed by atoms with Gasteiger partial charge in [0.1, 0.15) is 6.04 Å². The van der Waals surface area contributed by atoms with Crippen molar-refractivity contribution >= 4 is 23.4 Å². The van der Waals surface area contributed by atoms with Crippen molar-refractivity contribution in [2.75, 3.05) is 6.54 Å². The average Bonchev–Trinajstić information content (AvgIpc) is 2.92. The maximum atomic E-state index is 13.0. The van der Waals surface area contributed by atoms with E-state index in [9.17, 15) is 22.8 Å². The molecule has 0 aromatic heterocycles. The highest BCUT2D eigenvalue weighted by molar-refractivity contribution is 6.32. The summed E-state index contributed by atoms with van der Waals surface area (Å²) < 4.78 is 38.9. The molecule has 0 saturated heterocycles. The molecular formula is C19H16ClF3N2O2. The molecule has 1 aliphatic rings. The van der Waals surface area contributed by atoms with E-state index in [2.05, 4.69) is 5.32 Å². The van der Waals surface area contributed by atoms with Gasteiger partial charge in [-0.2, -0.15) is 13.2 Å². The molecule has 4 nitrogen and oxygen atoms in total. The van der Waals surface area contributed by atoms with Gasteiger partial charge in [-0.15, -0.1) is 0 Å². The first-order valence-electron chi connectivity index (χ1n) is 8.28. The monoisotopic (exact) mass is 396 g/mol. The Labute approximate surface area is 158 Å². The summed E-state index contributed by atoms with van der Waals surface area (Å²) in [4.78, 5) is 26.6. The van der Waals surface area contributed by atoms with Gasteiger partial charge in [-0.05, 0) is 30.2 Å². The number of fused-ring (bicyclic) bond motifs is 1. The third-order valence-corrected chi connectivity index (χ3v) is 4.93. The molecule has 1 aliphatic heterocycles. The topological polar surface area (TPSA) is 49.4 Å². The minimum absolute atomic E-state index is 0.153. The highest BCUT2D eigenvalue weighted by Gasteiger charge is 2.40. The number of amides is 2. The summed E-state index contributed by atoms with van der Waals surface area (Å²) in [5.41, 5.74) is 0.238. The fourth-order valence-corrected chi connectivity index (χ4v) is 3.49. The fourth-order valence-electron chi connectivity index (χ4n) is 3.19. The van der Waals surface area contributed by atoms with Gasteiger partial charge >= 0.3 is 6.18 Å². The number of rotatable bonds is 4. The number of hydrogen-bond donors (Lipinski definition) is 1. The van der Waals surface area contributed by atoms with Crippen LogP contribution in [0.25, 0.3) is 0 Å². The number of alkyl halides is 3. The summed E-state index contributed by atoms with van der Waals surface area (Å²) in [6.45, 7) is 1.91. The van der Waals surface area contributed by atoms with Gasteiger partial charge in [0.15, 0.2) is 0 Å². The Morgan fingerprint density at radius 3 is 2.56 bits per heavy atom. The summed E-state index contributed by atoms with van der Waals surface area (Å²) in [7, 11) is 0. The van der Waals surface area contributed by atoms with Crippen LogP contribution in [0.15, 0.2) is 42.5 Å². The second kappa shape index (κ2) is 7.23. The normalized spacial score (nSPS) is 16.4. The summed E-state index contributed by atoms with van der Waals surface area (Å²) >= 11 is 5.86. The van der Waals surface area contributed by atoms with Crippen LogP contribution in [0, 0.1) is 0 Å². The maximum absolute atomic E-state index is 13.0. The van der Waals surface area contributed by atoms with E-state index in [1.165, 1.54) is 17.0 Å². The van der Waals surface area contributed by atoms with Crippen molar-refractivity contribution in [3.05, 3.63) is 69.7 Å². The van der Waals surface area contributed by atoms with Gasteiger partial charge in [0, 0.05) is 18.7 Å². The Morgan fingerprint density at radius 1 is 1.19 bits per heavy atom. The number of halogens is 4. The number of likely N-dealkylation sites (N-methyl/N-ethyl adjacent to an activating group) is 1. The quantitative estimate of drug-likeness (QED) is 0.842. The summed E-state index contributed by atoms with van der Waals surface area (Å²) in [6.07, 6.45) is -4.58. The number of benzene rings is 2. The second-order valence-electron chi connectivity index (χ2n) is 6.08. The number of nitrogens with one attached hydrogen (secondary N) is 1. The Morgan fingerprint density at radius 2 is 1.89 bits per heavy atom. The lowest BCUT2D eigenvalue weighted by molar-refractivity contribution is -0.137. The maximum Gasteiger partial charge on any atom is 0.417 e. The van der Waals surface area contributed by atoms with Gasteiger partial charge < -0.3 is 10.2 Å². The van der Waals surface area contributed by atoms with Crippen LogP contribution in [0.2, 0.25) is 5.02 Å². The summed E-state index contributed by atoms with van der Waals surface area (Å²) in [5.74, 6) is -0.714. The zero-order chi connectivity index (χ0) is 19.8. The van der Waals surface area contributed by atoms with Crippen molar-refractivity contribution in [2.24, 2.45) is 0 Å². The Balaban J connectivity index is 1.82. The molecule has 8 heteroatoms. The SMILES string of the molecule is CCN1C(=O)c2ccccc2C1C(=O)NCc1cccc(C(F)(F)F)c1Cl. The fraction of sp³-hybridized carbons (Fsp3) is 0.263. The van der Waals surface area contributed by atoms with Crippen molar-refractivity contribution in [3.8, 4) is 0 Å². The van der Waals surface area contributed by atoms with Gasteiger partial charge in [-0.3, -0.25) is 9.59 Å². The molecule has 1 unspecified atom stereocenters. The number of hydrogen-bond acceptors (Lipinski definition) is 2. The highest BCUT2D eigenvalue weighted by Crippen LogP contribution is 2.37. The number of carbonyl (C=O) groups excluding carboxylic acids is 2. The van der Waals surface area contributed by atoms with Gasteiger partial charge in [0.25, 0.3) is 5.91 Å². The standard InChI is InChI=1S/C19H16ClF3N2O2/c1-2-25-16(12-7-3-4-8-13(12)18(25)27)17(26)24-10-11-6-5-9-14(15(11)20)19(21,22)23/h3-9,16H,2,10H2,1H3,(H,24,26). The molecule has 2 amide bonds. The molecule has 0 saturated carbocycles. The predicted molar refractivity (Wildman–Crippen MR) is 94.2 cm³/mol. The Kier molecular flexibility index (Phi) is 5.15. The minimum atomic E-state index is -4.58. The lowest BCUT2D eigenvalue weighted by Crippen LogP contribution is -2.38. The Bertz CT molecular complexity index is 899. The van der Waals surface area contributed by atoms with Gasteiger partial charge in [0.05, 0.1) is 10.6 Å². The van der Waals surface area contributed by atoms with E-state index in [1.54, 1.807) is 31.2 Å². The first-order valence-corrected chi connectivity index (χ1v) is 8.65. The molecule has 0 aliphatic carbocycles. The first-order chi connectivity index (χ1) is 12.8. The molecule has 2 aromatic rings. The van der Waals surface area contributed by atoms with E-state index in [-0.39, 0.29) is 18.0 Å². The molecule has 142 valence electrons. The van der Waals surface area contributed by atoms with E-state index in [4.69, 9.17) is 11.6 Å². The van der Waals surface area contributed by atoms with Crippen molar-refractivity contribution in [2.45, 2.75) is 25.7 Å². The van der Waals surface area contributed by atoms with Crippen LogP contribution in [0.3, 0.4) is 0 Å². The van der Waals surface area contributed by atoms with Crippen LogP contribution >= 0.6 is 11.6 Å². The molecule has 0 radical (unpaired) electrons. The molecule has 27 heavy (non-hydrogen) atoms.